The van der Waals surface area contributed by atoms with Gasteiger partial charge in [0.05, 0.1) is 20.0 Å². The van der Waals surface area contributed by atoms with Crippen LogP contribution >= 0.6 is 0 Å². The van der Waals surface area contributed by atoms with Crippen molar-refractivity contribution < 1.29 is 45.9 Å². The van der Waals surface area contributed by atoms with Crippen molar-refractivity contribution in [1.29, 1.82) is 0 Å². The average Bonchev–Trinajstić information content (AvgIpc) is 3.07. The molecule has 4 aromatic rings. The summed E-state index contributed by atoms with van der Waals surface area (Å²) >= 11 is 0. The van der Waals surface area contributed by atoms with Crippen LogP contribution in [0, 0.1) is 34.9 Å². The second-order valence-electron chi connectivity index (χ2n) is 11.2. The molecule has 48 heavy (non-hydrogen) atoms. The van der Waals surface area contributed by atoms with Gasteiger partial charge < -0.3 is 4.74 Å². The Hall–Kier alpha value is -4.64. The largest absolute Gasteiger partial charge is 0.469 e. The van der Waals surface area contributed by atoms with E-state index in [9.17, 15) is 35.9 Å². The maximum Gasteiger partial charge on any atom is 0.309 e. The maximum absolute atomic E-state index is 13.5. The molecule has 0 bridgehead atoms. The average molecular weight is 674 g/mol. The van der Waals surface area contributed by atoms with Gasteiger partial charge in [-0.15, -0.1) is 0 Å². The first-order valence-corrected chi connectivity index (χ1v) is 15.4. The van der Waals surface area contributed by atoms with Crippen molar-refractivity contribution in [2.75, 3.05) is 7.11 Å². The molecule has 256 valence electrons. The lowest BCUT2D eigenvalue weighted by Crippen LogP contribution is -2.20. The Kier molecular flexibility index (Phi) is 15.2. The first-order chi connectivity index (χ1) is 23.0. The standard InChI is InChI=1S/C19H19F3O2.C18H18F3NO2/c1-24-19(23)10-14-8-6-13(7-9-14)4-2-3-5-15-11-17(21)18(22)12-16(15)20;19-15-11-17(21)16(20)10-14(15)4-2-1-3-12-5-7-13(8-6-12)9-18(23)22-24/h6-9,11-12H,2-5,10H2,1H3;5-8,10-11,24H,1-4,9H2,(H,22,23). The lowest BCUT2D eigenvalue weighted by atomic mass is 10.0. The van der Waals surface area contributed by atoms with E-state index in [4.69, 9.17) is 5.21 Å². The van der Waals surface area contributed by atoms with Gasteiger partial charge in [0, 0.05) is 12.1 Å². The highest BCUT2D eigenvalue weighted by Gasteiger charge is 2.11. The number of esters is 1. The fourth-order valence-electron chi connectivity index (χ4n) is 4.91. The number of unbranched alkanes of at least 4 members (excludes halogenated alkanes) is 2. The summed E-state index contributed by atoms with van der Waals surface area (Å²) in [6.07, 6.45) is 5.51. The van der Waals surface area contributed by atoms with Gasteiger partial charge in [0.1, 0.15) is 11.6 Å². The number of methoxy groups -OCH3 is 1. The van der Waals surface area contributed by atoms with Crippen LogP contribution in [-0.2, 0) is 52.9 Å². The molecule has 5 nitrogen and oxygen atoms in total. The zero-order chi connectivity index (χ0) is 35.1. The summed E-state index contributed by atoms with van der Waals surface area (Å²) < 4.78 is 83.6. The first-order valence-electron chi connectivity index (χ1n) is 15.4. The van der Waals surface area contributed by atoms with Crippen molar-refractivity contribution in [2.45, 2.75) is 64.2 Å². The Bertz CT molecular complexity index is 1520. The highest BCUT2D eigenvalue weighted by atomic mass is 19.2. The van der Waals surface area contributed by atoms with Crippen LogP contribution in [0.2, 0.25) is 0 Å². The van der Waals surface area contributed by atoms with Crippen molar-refractivity contribution in [1.82, 2.24) is 5.48 Å². The fraction of sp³-hybridized carbons (Fsp3) is 0.297. The molecule has 2 N–H and O–H groups in total. The minimum atomic E-state index is -1.17. The number of hydrogen-bond donors (Lipinski definition) is 2. The number of halogens is 6. The molecule has 0 atom stereocenters. The summed E-state index contributed by atoms with van der Waals surface area (Å²) in [5.41, 5.74) is 5.79. The monoisotopic (exact) mass is 673 g/mol. The third-order valence-electron chi connectivity index (χ3n) is 7.61. The molecule has 0 aliphatic carbocycles. The Morgan fingerprint density at radius 1 is 0.542 bits per heavy atom. The number of hydroxylamine groups is 1. The predicted molar refractivity (Wildman–Crippen MR) is 168 cm³/mol. The molecule has 0 saturated heterocycles. The van der Waals surface area contributed by atoms with Gasteiger partial charge in [-0.3, -0.25) is 14.8 Å². The van der Waals surface area contributed by atoms with Crippen molar-refractivity contribution >= 4 is 11.9 Å². The van der Waals surface area contributed by atoms with Gasteiger partial charge in [-0.2, -0.15) is 0 Å². The summed E-state index contributed by atoms with van der Waals surface area (Å²) in [5.74, 6) is -6.58. The summed E-state index contributed by atoms with van der Waals surface area (Å²) in [6.45, 7) is 0. The number of rotatable bonds is 14. The van der Waals surface area contributed by atoms with Gasteiger partial charge in [-0.1, -0.05) is 48.5 Å². The lowest BCUT2D eigenvalue weighted by Gasteiger charge is -2.06. The number of carbonyl (C=O) groups is 2. The van der Waals surface area contributed by atoms with Crippen LogP contribution in [0.1, 0.15) is 59.1 Å². The van der Waals surface area contributed by atoms with Crippen LogP contribution in [-0.4, -0.2) is 24.2 Å². The van der Waals surface area contributed by atoms with Crippen molar-refractivity contribution in [3.05, 3.63) is 141 Å². The summed E-state index contributed by atoms with van der Waals surface area (Å²) in [4.78, 5) is 22.2. The molecular formula is C37H37F6NO4. The SMILES string of the molecule is COC(=O)Cc1ccc(CCCCc2cc(F)c(F)cc2F)cc1.O=C(Cc1ccc(CCCCc2cc(F)c(F)cc2F)cc1)NO. The molecule has 1 amide bonds. The quantitative estimate of drug-likeness (QED) is 0.0354. The molecule has 4 aromatic carbocycles. The number of aryl methyl sites for hydroxylation is 4. The number of ether oxygens (including phenoxy) is 1. The second kappa shape index (κ2) is 19.2. The van der Waals surface area contributed by atoms with Crippen LogP contribution in [0.5, 0.6) is 0 Å². The number of hydrogen-bond acceptors (Lipinski definition) is 4. The van der Waals surface area contributed by atoms with E-state index in [0.717, 1.165) is 60.1 Å². The molecule has 0 aliphatic heterocycles. The van der Waals surface area contributed by atoms with Gasteiger partial charge in [-0.25, -0.2) is 31.8 Å². The summed E-state index contributed by atoms with van der Waals surface area (Å²) in [7, 11) is 1.35. The third-order valence-corrected chi connectivity index (χ3v) is 7.61. The fourth-order valence-corrected chi connectivity index (χ4v) is 4.91. The molecule has 0 fully saturated rings. The molecule has 11 heteroatoms. The molecule has 0 unspecified atom stereocenters. The molecular weight excluding hydrogens is 636 g/mol. The Morgan fingerprint density at radius 3 is 1.29 bits per heavy atom. The molecule has 0 aromatic heterocycles. The van der Waals surface area contributed by atoms with Crippen LogP contribution in [0.25, 0.3) is 0 Å². The first kappa shape index (κ1) is 37.8. The number of carbonyl (C=O) groups excluding carboxylic acids is 2. The van der Waals surface area contributed by atoms with Crippen molar-refractivity contribution in [3.8, 4) is 0 Å². The van der Waals surface area contributed by atoms with E-state index in [1.807, 2.05) is 36.4 Å². The Balaban J connectivity index is 0.000000260. The zero-order valence-electron chi connectivity index (χ0n) is 26.4. The smallest absolute Gasteiger partial charge is 0.309 e. The number of nitrogens with one attached hydrogen (secondary N) is 1. The lowest BCUT2D eigenvalue weighted by molar-refractivity contribution is -0.139. The van der Waals surface area contributed by atoms with E-state index in [1.54, 1.807) is 17.6 Å². The van der Waals surface area contributed by atoms with Crippen LogP contribution in [0.4, 0.5) is 26.3 Å². The molecule has 0 saturated carbocycles. The number of benzene rings is 4. The minimum Gasteiger partial charge on any atom is -0.469 e. The second-order valence-corrected chi connectivity index (χ2v) is 11.2. The topological polar surface area (TPSA) is 75.6 Å². The highest BCUT2D eigenvalue weighted by Crippen LogP contribution is 2.18. The predicted octanol–water partition coefficient (Wildman–Crippen LogP) is 8.10. The zero-order valence-corrected chi connectivity index (χ0v) is 26.4. The molecule has 0 spiro atoms. The van der Waals surface area contributed by atoms with Crippen LogP contribution in [0.3, 0.4) is 0 Å². The maximum atomic E-state index is 13.5. The molecule has 4 rings (SSSR count). The summed E-state index contributed by atoms with van der Waals surface area (Å²) in [5, 5.41) is 8.47. The Labute approximate surface area is 275 Å². The third kappa shape index (κ3) is 12.5. The van der Waals surface area contributed by atoms with Gasteiger partial charge >= 0.3 is 5.97 Å². The normalized spacial score (nSPS) is 10.7. The minimum absolute atomic E-state index is 0.103. The van der Waals surface area contributed by atoms with Gasteiger partial charge in [0.15, 0.2) is 23.3 Å². The van der Waals surface area contributed by atoms with E-state index in [0.29, 0.717) is 37.8 Å². The van der Waals surface area contributed by atoms with E-state index in [1.165, 1.54) is 7.11 Å². The molecule has 0 heterocycles. The molecule has 0 radical (unpaired) electrons. The number of amides is 1. The highest BCUT2D eigenvalue weighted by molar-refractivity contribution is 5.77. The molecule has 0 aliphatic rings. The van der Waals surface area contributed by atoms with Gasteiger partial charge in [0.25, 0.3) is 0 Å². The Morgan fingerprint density at radius 2 is 0.896 bits per heavy atom. The van der Waals surface area contributed by atoms with Crippen molar-refractivity contribution in [3.63, 3.8) is 0 Å². The van der Waals surface area contributed by atoms with Gasteiger partial charge in [0.2, 0.25) is 5.91 Å². The van der Waals surface area contributed by atoms with Crippen molar-refractivity contribution in [2.24, 2.45) is 0 Å². The van der Waals surface area contributed by atoms with Crippen LogP contribution < -0.4 is 5.48 Å². The van der Waals surface area contributed by atoms with E-state index in [2.05, 4.69) is 4.74 Å². The van der Waals surface area contributed by atoms with E-state index < -0.39 is 40.8 Å². The summed E-state index contributed by atoms with van der Waals surface area (Å²) in [6, 6.07) is 18.0. The van der Waals surface area contributed by atoms with E-state index in [-0.39, 0.29) is 29.9 Å². The van der Waals surface area contributed by atoms with Gasteiger partial charge in [-0.05, 0) is 96.9 Å². The van der Waals surface area contributed by atoms with E-state index >= 15 is 0 Å². The van der Waals surface area contributed by atoms with Crippen LogP contribution in [0.15, 0.2) is 72.8 Å².